The van der Waals surface area contributed by atoms with Gasteiger partial charge in [-0.15, -0.1) is 0 Å². The van der Waals surface area contributed by atoms with Gasteiger partial charge in [-0.05, 0) is 6.07 Å². The Labute approximate surface area is 124 Å². The summed E-state index contributed by atoms with van der Waals surface area (Å²) in [5, 5.41) is 2.71. The lowest BCUT2D eigenvalue weighted by atomic mass is 10.0. The molecule has 0 unspecified atom stereocenters. The third-order valence-electron chi connectivity index (χ3n) is 3.32. The van der Waals surface area contributed by atoms with Crippen molar-refractivity contribution in [1.82, 2.24) is 4.98 Å². The topological polar surface area (TPSA) is 71.5 Å². The molecule has 0 saturated carbocycles. The van der Waals surface area contributed by atoms with E-state index in [0.717, 1.165) is 18.8 Å². The zero-order valence-electron chi connectivity index (χ0n) is 12.7. The molecule has 6 nitrogen and oxygen atoms in total. The molecule has 0 aliphatic carbocycles. The summed E-state index contributed by atoms with van der Waals surface area (Å²) < 4.78 is 5.32. The summed E-state index contributed by atoms with van der Waals surface area (Å²) in [7, 11) is 0. The fourth-order valence-corrected chi connectivity index (χ4v) is 2.20. The number of carbonyl (C=O) groups excluding carboxylic acids is 2. The van der Waals surface area contributed by atoms with Crippen LogP contribution < -0.4 is 10.2 Å². The van der Waals surface area contributed by atoms with Crippen LogP contribution >= 0.6 is 0 Å². The molecular weight excluding hydrogens is 270 g/mol. The first-order valence-corrected chi connectivity index (χ1v) is 7.13. The predicted octanol–water partition coefficient (Wildman–Crippen LogP) is 1.72. The number of hydrogen-bond acceptors (Lipinski definition) is 5. The minimum Gasteiger partial charge on any atom is -0.378 e. The van der Waals surface area contributed by atoms with E-state index in [2.05, 4.69) is 15.2 Å². The number of hydrogen-bond donors (Lipinski definition) is 1. The number of morpholine rings is 1. The maximum absolute atomic E-state index is 12.2. The van der Waals surface area contributed by atoms with Gasteiger partial charge in [0.15, 0.2) is 5.78 Å². The van der Waals surface area contributed by atoms with Gasteiger partial charge >= 0.3 is 0 Å². The highest BCUT2D eigenvalue weighted by Crippen LogP contribution is 2.24. The molecule has 1 aromatic heterocycles. The largest absolute Gasteiger partial charge is 0.378 e. The first-order valence-electron chi connectivity index (χ1n) is 7.13. The van der Waals surface area contributed by atoms with E-state index >= 15 is 0 Å². The first-order chi connectivity index (χ1) is 9.99. The van der Waals surface area contributed by atoms with Crippen molar-refractivity contribution in [2.45, 2.75) is 20.8 Å². The number of pyridine rings is 1. The van der Waals surface area contributed by atoms with Crippen molar-refractivity contribution in [3.8, 4) is 0 Å². The van der Waals surface area contributed by atoms with Crippen molar-refractivity contribution >= 4 is 23.1 Å². The van der Waals surface area contributed by atoms with Gasteiger partial charge in [-0.25, -0.2) is 4.98 Å². The molecule has 0 radical (unpaired) electrons. The molecule has 1 fully saturated rings. The van der Waals surface area contributed by atoms with Crippen LogP contribution in [0.1, 0.15) is 31.3 Å². The minimum absolute atomic E-state index is 0.0766. The lowest BCUT2D eigenvalue weighted by Crippen LogP contribution is -2.36. The predicted molar refractivity (Wildman–Crippen MR) is 80.7 cm³/mol. The third kappa shape index (κ3) is 3.78. The minimum atomic E-state index is -0.214. The van der Waals surface area contributed by atoms with Gasteiger partial charge in [-0.1, -0.05) is 13.8 Å². The van der Waals surface area contributed by atoms with E-state index < -0.39 is 0 Å². The first kappa shape index (κ1) is 15.4. The molecule has 2 heterocycles. The second-order valence-corrected chi connectivity index (χ2v) is 5.39. The highest BCUT2D eigenvalue weighted by molar-refractivity contribution is 6.04. The Morgan fingerprint density at radius 2 is 2.00 bits per heavy atom. The average Bonchev–Trinajstić information content (AvgIpc) is 2.46. The number of ketones is 1. The normalized spacial score (nSPS) is 15.1. The molecule has 6 heteroatoms. The number of nitrogens with zero attached hydrogens (tertiary/aromatic N) is 2. The Balaban J connectivity index is 2.34. The number of carbonyl (C=O) groups is 2. The van der Waals surface area contributed by atoms with Crippen molar-refractivity contribution in [1.29, 1.82) is 0 Å². The van der Waals surface area contributed by atoms with Gasteiger partial charge < -0.3 is 15.0 Å². The van der Waals surface area contributed by atoms with Gasteiger partial charge in [0.2, 0.25) is 5.91 Å². The van der Waals surface area contributed by atoms with E-state index in [9.17, 15) is 9.59 Å². The van der Waals surface area contributed by atoms with Crippen LogP contribution in [-0.2, 0) is 9.53 Å². The summed E-state index contributed by atoms with van der Waals surface area (Å²) >= 11 is 0. The number of aromatic nitrogens is 1. The molecule has 1 aromatic rings. The molecule has 114 valence electrons. The Morgan fingerprint density at radius 1 is 1.33 bits per heavy atom. The number of nitrogens with one attached hydrogen (secondary N) is 1. The van der Waals surface area contributed by atoms with Gasteiger partial charge in [0.1, 0.15) is 5.69 Å². The van der Waals surface area contributed by atoms with Crippen molar-refractivity contribution in [2.24, 2.45) is 5.92 Å². The second-order valence-electron chi connectivity index (χ2n) is 5.39. The molecule has 0 atom stereocenters. The van der Waals surface area contributed by atoms with Crippen LogP contribution in [0.15, 0.2) is 12.3 Å². The van der Waals surface area contributed by atoms with E-state index in [4.69, 9.17) is 4.74 Å². The number of ether oxygens (including phenoxy) is 1. The van der Waals surface area contributed by atoms with E-state index in [0.29, 0.717) is 24.6 Å². The van der Waals surface area contributed by atoms with Gasteiger partial charge in [0.25, 0.3) is 0 Å². The second kappa shape index (κ2) is 6.67. The highest BCUT2D eigenvalue weighted by Gasteiger charge is 2.20. The summed E-state index contributed by atoms with van der Waals surface area (Å²) in [5.41, 5.74) is 1.68. The molecule has 1 aliphatic heterocycles. The SMILES string of the molecule is CC(=O)Nc1cc(N2CCOCC2)cnc1C(=O)C(C)C. The van der Waals surface area contributed by atoms with Crippen molar-refractivity contribution < 1.29 is 14.3 Å². The lowest BCUT2D eigenvalue weighted by Gasteiger charge is -2.29. The Bertz CT molecular complexity index is 537. The van der Waals surface area contributed by atoms with Crippen LogP contribution in [0.5, 0.6) is 0 Å². The van der Waals surface area contributed by atoms with Crippen LogP contribution in [0.25, 0.3) is 0 Å². The zero-order valence-corrected chi connectivity index (χ0v) is 12.7. The summed E-state index contributed by atoms with van der Waals surface area (Å²) in [6.07, 6.45) is 1.69. The quantitative estimate of drug-likeness (QED) is 0.855. The van der Waals surface area contributed by atoms with Crippen molar-refractivity contribution in [3.05, 3.63) is 18.0 Å². The third-order valence-corrected chi connectivity index (χ3v) is 3.32. The highest BCUT2D eigenvalue weighted by atomic mass is 16.5. The van der Waals surface area contributed by atoms with Gasteiger partial charge in [0.05, 0.1) is 30.8 Å². The summed E-state index contributed by atoms with van der Waals surface area (Å²) in [4.78, 5) is 30.0. The molecule has 1 N–H and O–H groups in total. The Morgan fingerprint density at radius 3 is 2.57 bits per heavy atom. The number of Topliss-reactive ketones (excluding diaryl/α,β-unsaturated/α-hetero) is 1. The standard InChI is InChI=1S/C15H21N3O3/c1-10(2)15(20)14-13(17-11(3)19)8-12(9-16-14)18-4-6-21-7-5-18/h8-10H,4-7H2,1-3H3,(H,17,19). The lowest BCUT2D eigenvalue weighted by molar-refractivity contribution is -0.114. The van der Waals surface area contributed by atoms with Crippen LogP contribution in [0.3, 0.4) is 0 Å². The Hall–Kier alpha value is -1.95. The fraction of sp³-hybridized carbons (Fsp3) is 0.533. The summed E-state index contributed by atoms with van der Waals surface area (Å²) in [5.74, 6) is -0.458. The molecule has 1 aliphatic rings. The van der Waals surface area contributed by atoms with E-state index in [1.165, 1.54) is 6.92 Å². The van der Waals surface area contributed by atoms with Gasteiger partial charge in [-0.2, -0.15) is 0 Å². The Kier molecular flexibility index (Phi) is 4.90. The van der Waals surface area contributed by atoms with E-state index in [1.54, 1.807) is 6.20 Å². The van der Waals surface area contributed by atoms with Crippen LogP contribution in [0.4, 0.5) is 11.4 Å². The molecule has 1 saturated heterocycles. The van der Waals surface area contributed by atoms with Gasteiger partial charge in [0, 0.05) is 25.9 Å². The molecule has 0 aromatic carbocycles. The summed E-state index contributed by atoms with van der Waals surface area (Å²) in [6, 6.07) is 1.81. The zero-order chi connectivity index (χ0) is 15.4. The average molecular weight is 291 g/mol. The maximum atomic E-state index is 12.2. The van der Waals surface area contributed by atoms with Crippen LogP contribution in [0.2, 0.25) is 0 Å². The fourth-order valence-electron chi connectivity index (χ4n) is 2.20. The monoisotopic (exact) mass is 291 g/mol. The van der Waals surface area contributed by atoms with E-state index in [1.807, 2.05) is 19.9 Å². The molecule has 1 amide bonds. The number of amides is 1. The van der Waals surface area contributed by atoms with Crippen LogP contribution in [-0.4, -0.2) is 43.0 Å². The molecule has 2 rings (SSSR count). The molecular formula is C15H21N3O3. The molecule has 0 spiro atoms. The molecule has 0 bridgehead atoms. The smallest absolute Gasteiger partial charge is 0.221 e. The van der Waals surface area contributed by atoms with Crippen molar-refractivity contribution in [2.75, 3.05) is 36.5 Å². The number of rotatable bonds is 4. The van der Waals surface area contributed by atoms with E-state index in [-0.39, 0.29) is 17.6 Å². The molecule has 21 heavy (non-hydrogen) atoms. The maximum Gasteiger partial charge on any atom is 0.221 e. The summed E-state index contributed by atoms with van der Waals surface area (Å²) in [6.45, 7) is 7.95. The van der Waals surface area contributed by atoms with Crippen molar-refractivity contribution in [3.63, 3.8) is 0 Å². The van der Waals surface area contributed by atoms with Gasteiger partial charge in [-0.3, -0.25) is 9.59 Å². The van der Waals surface area contributed by atoms with Crippen LogP contribution in [0, 0.1) is 5.92 Å². The number of anilines is 2.